The molecule has 4 aromatic heterocycles. The first-order valence-corrected chi connectivity index (χ1v) is 15.5. The number of benzene rings is 2. The van der Waals surface area contributed by atoms with Gasteiger partial charge in [-0.2, -0.15) is 0 Å². The van der Waals surface area contributed by atoms with Crippen LogP contribution in [0.4, 0.5) is 14.5 Å². The van der Waals surface area contributed by atoms with E-state index in [1.165, 1.54) is 64.6 Å². The van der Waals surface area contributed by atoms with E-state index in [1.807, 2.05) is 30.9 Å². The molecule has 0 aliphatic rings. The van der Waals surface area contributed by atoms with Crippen LogP contribution >= 0.6 is 11.3 Å². The second-order valence-electron chi connectivity index (χ2n) is 10.8. The molecule has 2 aromatic carbocycles. The highest BCUT2D eigenvalue weighted by Crippen LogP contribution is 2.39. The van der Waals surface area contributed by atoms with Crippen molar-refractivity contribution in [3.8, 4) is 33.5 Å². The Hall–Kier alpha value is -5.40. The molecule has 0 bridgehead atoms. The second kappa shape index (κ2) is 13.5. The number of nitrogens with zero attached hydrogens (tertiary/aromatic N) is 5. The molecule has 0 saturated heterocycles. The lowest BCUT2D eigenvalue weighted by atomic mass is 10.2. The Labute approximate surface area is 272 Å². The predicted octanol–water partition coefficient (Wildman–Crippen LogP) is 6.59. The van der Waals surface area contributed by atoms with Crippen LogP contribution in [0.5, 0.6) is 17.2 Å². The number of carbonyl (C=O) groups excluding carboxylic acids is 1. The van der Waals surface area contributed by atoms with Crippen LogP contribution in [0.25, 0.3) is 26.5 Å². The molecule has 0 fully saturated rings. The molecule has 1 N–H and O–H groups in total. The van der Waals surface area contributed by atoms with Crippen LogP contribution in [0.1, 0.15) is 17.3 Å². The molecule has 10 nitrogen and oxygen atoms in total. The third-order valence-corrected chi connectivity index (χ3v) is 8.32. The van der Waals surface area contributed by atoms with Crippen molar-refractivity contribution >= 4 is 33.1 Å². The fourth-order valence-electron chi connectivity index (χ4n) is 4.83. The normalized spacial score (nSPS) is 11.3. The third-order valence-electron chi connectivity index (χ3n) is 7.16. The minimum atomic E-state index is -0.797. The minimum absolute atomic E-state index is 0.0612. The van der Waals surface area contributed by atoms with Gasteiger partial charge in [0.2, 0.25) is 0 Å². The van der Waals surface area contributed by atoms with Crippen LogP contribution in [0, 0.1) is 11.6 Å². The third kappa shape index (κ3) is 6.90. The molecule has 0 saturated carbocycles. The molecule has 240 valence electrons. The SMILES string of the molecule is CCOc1ccn(-c2ccc(F)cc2)c(=O)c1C(=O)Nc1ccc(Oc2ccnc3cc(-c4cn(CCN(C)C)cn4)sc23)c(F)c1. The summed E-state index contributed by atoms with van der Waals surface area (Å²) in [6.07, 6.45) is 6.80. The summed E-state index contributed by atoms with van der Waals surface area (Å²) in [6, 6.07) is 14.3. The summed E-state index contributed by atoms with van der Waals surface area (Å²) in [6.45, 7) is 3.61. The van der Waals surface area contributed by atoms with Gasteiger partial charge in [0.1, 0.15) is 22.9 Å². The van der Waals surface area contributed by atoms with Gasteiger partial charge in [0.25, 0.3) is 11.5 Å². The number of likely N-dealkylation sites (N-methyl/N-ethyl adjacent to an activating group) is 1. The summed E-state index contributed by atoms with van der Waals surface area (Å²) in [7, 11) is 4.03. The summed E-state index contributed by atoms with van der Waals surface area (Å²) >= 11 is 1.44. The summed E-state index contributed by atoms with van der Waals surface area (Å²) in [5.74, 6) is -1.58. The minimum Gasteiger partial charge on any atom is -0.493 e. The molecular formula is C34H30F2N6O4S. The van der Waals surface area contributed by atoms with Crippen molar-refractivity contribution < 1.29 is 23.0 Å². The number of anilines is 1. The molecule has 0 atom stereocenters. The number of hydrogen-bond acceptors (Lipinski definition) is 8. The predicted molar refractivity (Wildman–Crippen MR) is 177 cm³/mol. The Balaban J connectivity index is 1.22. The van der Waals surface area contributed by atoms with Gasteiger partial charge in [0.05, 0.1) is 33.7 Å². The lowest BCUT2D eigenvalue weighted by Crippen LogP contribution is -2.29. The Morgan fingerprint density at radius 1 is 1.00 bits per heavy atom. The first kappa shape index (κ1) is 31.6. The zero-order valence-electron chi connectivity index (χ0n) is 25.7. The number of rotatable bonds is 11. The summed E-state index contributed by atoms with van der Waals surface area (Å²) in [5.41, 5.74) is 0.987. The van der Waals surface area contributed by atoms with E-state index in [0.29, 0.717) is 17.0 Å². The van der Waals surface area contributed by atoms with Crippen LogP contribution in [-0.4, -0.2) is 57.2 Å². The topological polar surface area (TPSA) is 104 Å². The Bertz CT molecular complexity index is 2120. The van der Waals surface area contributed by atoms with E-state index in [4.69, 9.17) is 9.47 Å². The zero-order chi connectivity index (χ0) is 33.1. The van der Waals surface area contributed by atoms with E-state index in [-0.39, 0.29) is 29.4 Å². The van der Waals surface area contributed by atoms with Crippen molar-refractivity contribution in [2.24, 2.45) is 0 Å². The fraction of sp³-hybridized carbons (Fsp3) is 0.176. The van der Waals surface area contributed by atoms with Crippen molar-refractivity contribution in [2.75, 3.05) is 32.6 Å². The van der Waals surface area contributed by atoms with Crippen molar-refractivity contribution in [3.05, 3.63) is 113 Å². The largest absolute Gasteiger partial charge is 0.493 e. The molecule has 0 unspecified atom stereocenters. The Morgan fingerprint density at radius 3 is 2.55 bits per heavy atom. The van der Waals surface area contributed by atoms with Crippen molar-refractivity contribution in [3.63, 3.8) is 0 Å². The van der Waals surface area contributed by atoms with Gasteiger partial charge >= 0.3 is 0 Å². The molecular weight excluding hydrogens is 626 g/mol. The van der Waals surface area contributed by atoms with Gasteiger partial charge in [0.15, 0.2) is 11.6 Å². The van der Waals surface area contributed by atoms with Gasteiger partial charge in [-0.3, -0.25) is 19.1 Å². The summed E-state index contributed by atoms with van der Waals surface area (Å²) < 4.78 is 44.3. The first-order chi connectivity index (χ1) is 22.7. The highest BCUT2D eigenvalue weighted by molar-refractivity contribution is 7.22. The average Bonchev–Trinajstić information content (AvgIpc) is 3.70. The molecule has 4 heterocycles. The maximum atomic E-state index is 15.4. The lowest BCUT2D eigenvalue weighted by Gasteiger charge is -2.14. The standard InChI is InChI=1S/C34H30F2N6O4S/c1-4-45-28-12-14-42(23-8-5-21(35)6-9-23)34(44)31(28)33(43)39-22-7-10-27(24(36)17-22)46-29-11-13-37-25-18-30(47-32(25)29)26-19-41(20-38-26)16-15-40(2)3/h5-14,17-20H,4,15-16H2,1-3H3,(H,39,43). The molecule has 0 spiro atoms. The van der Waals surface area contributed by atoms with E-state index < -0.39 is 23.1 Å². The molecule has 13 heteroatoms. The van der Waals surface area contributed by atoms with E-state index >= 15 is 4.39 Å². The second-order valence-corrected chi connectivity index (χ2v) is 11.8. The van der Waals surface area contributed by atoms with E-state index in [0.717, 1.165) is 34.4 Å². The average molecular weight is 657 g/mol. The number of pyridine rings is 2. The smallest absolute Gasteiger partial charge is 0.271 e. The van der Waals surface area contributed by atoms with Crippen LogP contribution in [-0.2, 0) is 6.54 Å². The van der Waals surface area contributed by atoms with Crippen LogP contribution in [0.15, 0.2) is 90.4 Å². The number of fused-ring (bicyclic) bond motifs is 1. The molecule has 6 aromatic rings. The van der Waals surface area contributed by atoms with Crippen LogP contribution in [0.2, 0.25) is 0 Å². The Kier molecular flexibility index (Phi) is 9.09. The fourth-order valence-corrected chi connectivity index (χ4v) is 5.86. The number of carbonyl (C=O) groups is 1. The van der Waals surface area contributed by atoms with Gasteiger partial charge in [-0.1, -0.05) is 0 Å². The number of nitrogens with one attached hydrogen (secondary N) is 1. The van der Waals surface area contributed by atoms with Gasteiger partial charge in [-0.05, 0) is 69.6 Å². The quantitative estimate of drug-likeness (QED) is 0.168. The van der Waals surface area contributed by atoms with Crippen LogP contribution in [0.3, 0.4) is 0 Å². The number of thiophene rings is 1. The van der Waals surface area contributed by atoms with Crippen molar-refractivity contribution in [2.45, 2.75) is 13.5 Å². The monoisotopic (exact) mass is 656 g/mol. The molecule has 1 amide bonds. The summed E-state index contributed by atoms with van der Waals surface area (Å²) in [5, 5.41) is 2.58. The van der Waals surface area contributed by atoms with E-state index in [1.54, 1.807) is 25.5 Å². The maximum absolute atomic E-state index is 15.4. The number of hydrogen-bond donors (Lipinski definition) is 1. The molecule has 0 aliphatic heterocycles. The van der Waals surface area contributed by atoms with Gasteiger partial charge in [-0.15, -0.1) is 11.3 Å². The first-order valence-electron chi connectivity index (χ1n) is 14.7. The van der Waals surface area contributed by atoms with Crippen molar-refractivity contribution in [1.29, 1.82) is 0 Å². The maximum Gasteiger partial charge on any atom is 0.271 e. The lowest BCUT2D eigenvalue weighted by molar-refractivity contribution is 0.102. The number of ether oxygens (including phenoxy) is 2. The number of imidazole rings is 1. The molecule has 47 heavy (non-hydrogen) atoms. The van der Waals surface area contributed by atoms with Gasteiger partial charge in [0, 0.05) is 55.2 Å². The van der Waals surface area contributed by atoms with Crippen LogP contribution < -0.4 is 20.3 Å². The van der Waals surface area contributed by atoms with Gasteiger partial charge in [-0.25, -0.2) is 13.8 Å². The number of aromatic nitrogens is 4. The van der Waals surface area contributed by atoms with E-state index in [9.17, 15) is 14.0 Å². The number of halogens is 2. The van der Waals surface area contributed by atoms with Gasteiger partial charge < -0.3 is 24.3 Å². The Morgan fingerprint density at radius 2 is 1.81 bits per heavy atom. The number of amides is 1. The summed E-state index contributed by atoms with van der Waals surface area (Å²) in [4.78, 5) is 38.7. The zero-order valence-corrected chi connectivity index (χ0v) is 26.6. The highest BCUT2D eigenvalue weighted by atomic mass is 32.1. The highest BCUT2D eigenvalue weighted by Gasteiger charge is 2.21. The molecule has 6 rings (SSSR count). The van der Waals surface area contributed by atoms with E-state index in [2.05, 4.69) is 20.2 Å². The molecule has 0 aliphatic carbocycles. The van der Waals surface area contributed by atoms with Crippen molar-refractivity contribution in [1.82, 2.24) is 24.0 Å². The molecule has 0 radical (unpaired) electrons.